The number of fused-ring (bicyclic) bond motifs is 2. The first-order chi connectivity index (χ1) is 17.0. The summed E-state index contributed by atoms with van der Waals surface area (Å²) in [4.78, 5) is 26.2. The first-order valence-electron chi connectivity index (χ1n) is 12.3. The van der Waals surface area contributed by atoms with Gasteiger partial charge in [0.1, 0.15) is 17.2 Å². The Kier molecular flexibility index (Phi) is 7.43. The van der Waals surface area contributed by atoms with Gasteiger partial charge in [-0.05, 0) is 81.7 Å². The van der Waals surface area contributed by atoms with Gasteiger partial charge in [-0.25, -0.2) is 19.7 Å². The molecule has 3 aromatic rings. The maximum atomic E-state index is 12.3. The number of carbonyl (C=O) groups excluding carboxylic acids is 1. The number of nitrogens with zero attached hydrogens (tertiary/aromatic N) is 3. The van der Waals surface area contributed by atoms with Crippen LogP contribution in [0.3, 0.4) is 0 Å². The number of ether oxygens (including phenoxy) is 2. The van der Waals surface area contributed by atoms with Crippen molar-refractivity contribution in [1.82, 2.24) is 15.0 Å². The van der Waals surface area contributed by atoms with Crippen molar-refractivity contribution in [1.29, 1.82) is 0 Å². The van der Waals surface area contributed by atoms with Crippen LogP contribution in [-0.2, 0) is 16.7 Å². The molecule has 4 heterocycles. The molecule has 0 fully saturated rings. The third-order valence-electron chi connectivity index (χ3n) is 6.03. The second-order valence-electron chi connectivity index (χ2n) is 10.4. The molecule has 3 aromatic heterocycles. The van der Waals surface area contributed by atoms with Gasteiger partial charge in [0.2, 0.25) is 5.88 Å². The molecule has 0 amide bonds. The summed E-state index contributed by atoms with van der Waals surface area (Å²) < 4.78 is 11.7. The summed E-state index contributed by atoms with van der Waals surface area (Å²) in [6.07, 6.45) is 5.07. The molecular formula is C27H35N5O3S. The summed E-state index contributed by atoms with van der Waals surface area (Å²) in [5.74, 6) is 3.56. The van der Waals surface area contributed by atoms with Crippen molar-refractivity contribution in [2.75, 3.05) is 16.8 Å². The number of nitrogens with one attached hydrogen (secondary N) is 1. The first kappa shape index (κ1) is 26.2. The van der Waals surface area contributed by atoms with Gasteiger partial charge in [-0.3, -0.25) is 0 Å². The van der Waals surface area contributed by atoms with Gasteiger partial charge >= 0.3 is 5.97 Å². The predicted molar refractivity (Wildman–Crippen MR) is 145 cm³/mol. The average Bonchev–Trinajstić information content (AvgIpc) is 2.77. The molecule has 0 saturated heterocycles. The van der Waals surface area contributed by atoms with Gasteiger partial charge in [-0.2, -0.15) is 11.8 Å². The van der Waals surface area contributed by atoms with Crippen LogP contribution in [0.2, 0.25) is 0 Å². The minimum atomic E-state index is -0.609. The summed E-state index contributed by atoms with van der Waals surface area (Å²) in [7, 11) is 0. The molecule has 0 spiro atoms. The highest BCUT2D eigenvalue weighted by atomic mass is 32.2. The summed E-state index contributed by atoms with van der Waals surface area (Å²) in [5.41, 5.74) is 7.40. The first-order valence-corrected chi connectivity index (χ1v) is 13.4. The molecule has 0 aromatic carbocycles. The molecular weight excluding hydrogens is 474 g/mol. The summed E-state index contributed by atoms with van der Waals surface area (Å²) in [5, 5.41) is 5.02. The van der Waals surface area contributed by atoms with Crippen LogP contribution >= 0.6 is 11.8 Å². The van der Waals surface area contributed by atoms with E-state index in [1.807, 2.05) is 45.5 Å². The molecule has 4 rings (SSSR count). The Hall–Kier alpha value is -2.91. The number of hydrogen-bond acceptors (Lipinski definition) is 9. The third-order valence-corrected chi connectivity index (χ3v) is 6.96. The van der Waals surface area contributed by atoms with Gasteiger partial charge in [-0.1, -0.05) is 6.92 Å². The molecule has 8 nitrogen and oxygen atoms in total. The molecule has 192 valence electrons. The average molecular weight is 510 g/mol. The number of carbonyl (C=O) groups is 1. The van der Waals surface area contributed by atoms with Gasteiger partial charge in [0.05, 0.1) is 22.7 Å². The van der Waals surface area contributed by atoms with Crippen LogP contribution in [0.4, 0.5) is 11.6 Å². The van der Waals surface area contributed by atoms with E-state index in [0.717, 1.165) is 34.3 Å². The Morgan fingerprint density at radius 1 is 1.22 bits per heavy atom. The van der Waals surface area contributed by atoms with Crippen LogP contribution < -0.4 is 15.8 Å². The number of hydrogen-bond donors (Lipinski definition) is 2. The summed E-state index contributed by atoms with van der Waals surface area (Å²) in [6, 6.07) is 5.45. The minimum Gasteiger partial charge on any atom is -0.474 e. The zero-order valence-electron chi connectivity index (χ0n) is 21.8. The lowest BCUT2D eigenvalue weighted by Crippen LogP contribution is -2.36. The Balaban J connectivity index is 1.66. The van der Waals surface area contributed by atoms with E-state index < -0.39 is 11.1 Å². The van der Waals surface area contributed by atoms with Crippen LogP contribution in [0.15, 0.2) is 30.6 Å². The Labute approximate surface area is 216 Å². The number of rotatable bonds is 9. The standard InChI is InChI=1S/C27H35N5O3S/c1-7-36-11-10-16(2)34-24-19-14-29-23(12-18(19)20(15-30-24)27(5,6)28)32-22-9-8-17-21(31-22)13-26(3,4)35-25(17)33/h8-9,12,14-16H,7,10-11,13,28H2,1-6H3,(H,29,31,32). The normalized spacial score (nSPS) is 15.8. The SMILES string of the molecule is CCSCCC(C)Oc1ncc(C(C)(C)N)c2cc(Nc3ccc4c(n3)CC(C)(C)OC4=O)ncc12. The quantitative estimate of drug-likeness (QED) is 0.290. The van der Waals surface area contributed by atoms with E-state index in [-0.39, 0.29) is 12.1 Å². The number of aromatic nitrogens is 3. The summed E-state index contributed by atoms with van der Waals surface area (Å²) in [6.45, 7) is 11.9. The number of anilines is 2. The smallest absolute Gasteiger partial charge is 0.340 e. The lowest BCUT2D eigenvalue weighted by atomic mass is 9.93. The van der Waals surface area contributed by atoms with Crippen LogP contribution in [-0.4, -0.2) is 44.1 Å². The topological polar surface area (TPSA) is 112 Å². The lowest BCUT2D eigenvalue weighted by Gasteiger charge is -2.30. The summed E-state index contributed by atoms with van der Waals surface area (Å²) >= 11 is 1.90. The molecule has 1 atom stereocenters. The molecule has 0 aliphatic carbocycles. The number of pyridine rings is 3. The van der Waals surface area contributed by atoms with Crippen molar-refractivity contribution in [2.45, 2.75) is 71.6 Å². The van der Waals surface area contributed by atoms with Gasteiger partial charge in [0.15, 0.2) is 0 Å². The van der Waals surface area contributed by atoms with E-state index in [0.29, 0.717) is 35.2 Å². The van der Waals surface area contributed by atoms with Gasteiger partial charge in [0.25, 0.3) is 0 Å². The Bertz CT molecular complexity index is 1270. The highest BCUT2D eigenvalue weighted by Crippen LogP contribution is 2.34. The molecule has 1 unspecified atom stereocenters. The van der Waals surface area contributed by atoms with Crippen LogP contribution in [0.25, 0.3) is 10.8 Å². The van der Waals surface area contributed by atoms with Gasteiger partial charge in [0, 0.05) is 24.4 Å². The van der Waals surface area contributed by atoms with Crippen LogP contribution in [0.1, 0.15) is 69.6 Å². The monoisotopic (exact) mass is 509 g/mol. The predicted octanol–water partition coefficient (Wildman–Crippen LogP) is 5.36. The van der Waals surface area contributed by atoms with E-state index in [1.54, 1.807) is 24.5 Å². The van der Waals surface area contributed by atoms with Gasteiger partial charge < -0.3 is 20.5 Å². The largest absolute Gasteiger partial charge is 0.474 e. The molecule has 0 radical (unpaired) electrons. The third kappa shape index (κ3) is 5.90. The van der Waals surface area contributed by atoms with E-state index in [9.17, 15) is 4.79 Å². The van der Waals surface area contributed by atoms with Crippen molar-refractivity contribution in [3.8, 4) is 5.88 Å². The van der Waals surface area contributed by atoms with E-state index in [1.165, 1.54) is 0 Å². The van der Waals surface area contributed by atoms with E-state index in [2.05, 4.69) is 34.1 Å². The van der Waals surface area contributed by atoms with Crippen LogP contribution in [0, 0.1) is 0 Å². The number of cyclic esters (lactones) is 1. The zero-order valence-corrected chi connectivity index (χ0v) is 22.7. The lowest BCUT2D eigenvalue weighted by molar-refractivity contribution is -0.00714. The molecule has 0 bridgehead atoms. The molecule has 9 heteroatoms. The Morgan fingerprint density at radius 3 is 2.72 bits per heavy atom. The molecule has 0 saturated carbocycles. The fourth-order valence-corrected chi connectivity index (χ4v) is 4.99. The van der Waals surface area contributed by atoms with Crippen LogP contribution in [0.5, 0.6) is 5.88 Å². The number of esters is 1. The maximum Gasteiger partial charge on any atom is 0.340 e. The number of nitrogens with two attached hydrogens (primary N) is 1. The second kappa shape index (κ2) is 10.2. The number of thioether (sulfide) groups is 1. The van der Waals surface area contributed by atoms with Crippen molar-refractivity contribution in [3.63, 3.8) is 0 Å². The highest BCUT2D eigenvalue weighted by molar-refractivity contribution is 7.99. The van der Waals surface area contributed by atoms with E-state index in [4.69, 9.17) is 15.2 Å². The molecule has 3 N–H and O–H groups in total. The van der Waals surface area contributed by atoms with Crippen molar-refractivity contribution >= 4 is 40.1 Å². The fourth-order valence-electron chi connectivity index (χ4n) is 4.20. The Morgan fingerprint density at radius 2 is 2.00 bits per heavy atom. The van der Waals surface area contributed by atoms with Crippen molar-refractivity contribution in [2.24, 2.45) is 5.73 Å². The van der Waals surface area contributed by atoms with E-state index >= 15 is 0 Å². The molecule has 1 aliphatic rings. The molecule has 36 heavy (non-hydrogen) atoms. The fraction of sp³-hybridized carbons (Fsp3) is 0.481. The second-order valence-corrected chi connectivity index (χ2v) is 11.8. The minimum absolute atomic E-state index is 0.0323. The van der Waals surface area contributed by atoms with Crippen molar-refractivity contribution < 1.29 is 14.3 Å². The maximum absolute atomic E-state index is 12.3. The highest BCUT2D eigenvalue weighted by Gasteiger charge is 2.33. The molecule has 1 aliphatic heterocycles. The van der Waals surface area contributed by atoms with Gasteiger partial charge in [-0.15, -0.1) is 0 Å². The van der Waals surface area contributed by atoms with Crippen molar-refractivity contribution in [3.05, 3.63) is 47.4 Å². The zero-order chi connectivity index (χ0) is 26.1.